The summed E-state index contributed by atoms with van der Waals surface area (Å²) >= 11 is 1.37. The molecule has 0 radical (unpaired) electrons. The number of carboxylic acids is 1. The van der Waals surface area contributed by atoms with Crippen molar-refractivity contribution >= 4 is 23.5 Å². The van der Waals surface area contributed by atoms with Gasteiger partial charge in [-0.1, -0.05) is 11.8 Å². The summed E-state index contributed by atoms with van der Waals surface area (Å²) in [6.07, 6.45) is 0. The molecule has 2 aromatic heterocycles. The van der Waals surface area contributed by atoms with Gasteiger partial charge >= 0.3 is 0 Å². The van der Waals surface area contributed by atoms with Crippen molar-refractivity contribution in [3.05, 3.63) is 35.4 Å². The third-order valence-electron chi connectivity index (χ3n) is 3.58. The molecule has 9 heteroatoms. The smallest absolute Gasteiger partial charge is 0.190 e. The van der Waals surface area contributed by atoms with E-state index in [1.54, 1.807) is 13.2 Å². The van der Waals surface area contributed by atoms with Crippen LogP contribution in [0.5, 0.6) is 0 Å². The molecule has 1 saturated heterocycles. The summed E-state index contributed by atoms with van der Waals surface area (Å²) in [6, 6.07) is 4.91. The van der Waals surface area contributed by atoms with E-state index in [-0.39, 0.29) is 5.76 Å². The van der Waals surface area contributed by atoms with Gasteiger partial charge in [-0.3, -0.25) is 0 Å². The number of hydrogen-bond donors (Lipinski definition) is 0. The molecule has 0 unspecified atom stereocenters. The maximum Gasteiger partial charge on any atom is 0.190 e. The van der Waals surface area contributed by atoms with E-state index in [1.807, 2.05) is 6.07 Å². The highest BCUT2D eigenvalue weighted by atomic mass is 32.2. The molecule has 0 atom stereocenters. The van der Waals surface area contributed by atoms with Gasteiger partial charge < -0.3 is 28.7 Å². The number of aromatic nitrogens is 2. The summed E-state index contributed by atoms with van der Waals surface area (Å²) in [7, 11) is 1.62. The monoisotopic (exact) mass is 364 g/mol. The minimum atomic E-state index is -1.33. The van der Waals surface area contributed by atoms with Crippen LogP contribution in [0.2, 0.25) is 0 Å². The SMILES string of the molecule is COCc1cc(N2CCOCC2)nc(SCc2ccc(C(=O)[O-])o2)n1. The van der Waals surface area contributed by atoms with E-state index in [2.05, 4.69) is 14.9 Å². The molecule has 134 valence electrons. The number of methoxy groups -OCH3 is 1. The lowest BCUT2D eigenvalue weighted by molar-refractivity contribution is -0.257. The number of carbonyl (C=O) groups is 1. The Labute approximate surface area is 149 Å². The average molecular weight is 364 g/mol. The normalized spacial score (nSPS) is 14.7. The molecule has 0 bridgehead atoms. The Balaban J connectivity index is 1.74. The molecule has 1 aliphatic rings. The predicted octanol–water partition coefficient (Wildman–Crippen LogP) is 0.708. The molecule has 1 fully saturated rings. The van der Waals surface area contributed by atoms with Crippen molar-refractivity contribution in [2.45, 2.75) is 17.5 Å². The van der Waals surface area contributed by atoms with Crippen LogP contribution in [0.1, 0.15) is 22.0 Å². The third-order valence-corrected chi connectivity index (χ3v) is 4.45. The Morgan fingerprint density at radius 1 is 1.36 bits per heavy atom. The number of morpholine rings is 1. The van der Waals surface area contributed by atoms with Gasteiger partial charge in [-0.25, -0.2) is 9.97 Å². The van der Waals surface area contributed by atoms with Crippen molar-refractivity contribution in [1.82, 2.24) is 9.97 Å². The molecule has 0 saturated carbocycles. The highest BCUT2D eigenvalue weighted by Gasteiger charge is 2.15. The lowest BCUT2D eigenvalue weighted by Gasteiger charge is -2.28. The maximum atomic E-state index is 10.8. The van der Waals surface area contributed by atoms with Gasteiger partial charge in [0.05, 0.1) is 31.3 Å². The van der Waals surface area contributed by atoms with E-state index in [4.69, 9.17) is 13.9 Å². The molecule has 8 nitrogen and oxygen atoms in total. The van der Waals surface area contributed by atoms with Crippen LogP contribution in [0, 0.1) is 0 Å². The zero-order valence-electron chi connectivity index (χ0n) is 13.8. The summed E-state index contributed by atoms with van der Waals surface area (Å²) in [6.45, 7) is 3.29. The summed E-state index contributed by atoms with van der Waals surface area (Å²) < 4.78 is 15.8. The van der Waals surface area contributed by atoms with Gasteiger partial charge in [-0.2, -0.15) is 0 Å². The van der Waals surface area contributed by atoms with Crippen LogP contribution in [0.15, 0.2) is 27.8 Å². The number of hydrogen-bond acceptors (Lipinski definition) is 9. The van der Waals surface area contributed by atoms with E-state index >= 15 is 0 Å². The summed E-state index contributed by atoms with van der Waals surface area (Å²) in [4.78, 5) is 22.0. The van der Waals surface area contributed by atoms with Gasteiger partial charge in [-0.15, -0.1) is 0 Å². The number of carboxylic acid groups (broad SMARTS) is 1. The number of furan rings is 1. The molecule has 1 aliphatic heterocycles. The molecule has 3 rings (SSSR count). The van der Waals surface area contributed by atoms with Crippen LogP contribution in [0.4, 0.5) is 5.82 Å². The minimum Gasteiger partial charge on any atom is -0.542 e. The summed E-state index contributed by atoms with van der Waals surface area (Å²) in [5.74, 6) is 0.273. The third kappa shape index (κ3) is 4.71. The van der Waals surface area contributed by atoms with E-state index in [0.717, 1.165) is 24.6 Å². The van der Waals surface area contributed by atoms with Crippen molar-refractivity contribution < 1.29 is 23.8 Å². The second-order valence-corrected chi connectivity index (χ2v) is 6.32. The van der Waals surface area contributed by atoms with E-state index in [0.29, 0.717) is 36.5 Å². The van der Waals surface area contributed by atoms with E-state index < -0.39 is 5.97 Å². The van der Waals surface area contributed by atoms with Gasteiger partial charge in [-0.05, 0) is 12.1 Å². The van der Waals surface area contributed by atoms with Gasteiger partial charge in [0.2, 0.25) is 0 Å². The van der Waals surface area contributed by atoms with Crippen molar-refractivity contribution in [2.24, 2.45) is 0 Å². The average Bonchev–Trinajstić information content (AvgIpc) is 3.10. The second-order valence-electron chi connectivity index (χ2n) is 5.37. The first-order valence-electron chi connectivity index (χ1n) is 7.78. The fraction of sp³-hybridized carbons (Fsp3) is 0.438. The van der Waals surface area contributed by atoms with Crippen molar-refractivity contribution in [1.29, 1.82) is 0 Å². The predicted molar refractivity (Wildman–Crippen MR) is 88.4 cm³/mol. The van der Waals surface area contributed by atoms with Crippen molar-refractivity contribution in [3.8, 4) is 0 Å². The molecular formula is C16H18N3O5S-. The molecule has 3 heterocycles. The molecule has 0 N–H and O–H groups in total. The highest BCUT2D eigenvalue weighted by molar-refractivity contribution is 7.98. The van der Waals surface area contributed by atoms with Gasteiger partial charge in [0.15, 0.2) is 5.16 Å². The largest absolute Gasteiger partial charge is 0.542 e. The van der Waals surface area contributed by atoms with Crippen molar-refractivity contribution in [2.75, 3.05) is 38.3 Å². The lowest BCUT2D eigenvalue weighted by atomic mass is 10.3. The molecule has 0 spiro atoms. The number of aromatic carboxylic acids is 1. The van der Waals surface area contributed by atoms with Crippen LogP contribution in [0.3, 0.4) is 0 Å². The first kappa shape index (κ1) is 17.7. The Morgan fingerprint density at radius 3 is 2.84 bits per heavy atom. The van der Waals surface area contributed by atoms with Crippen LogP contribution in [-0.4, -0.2) is 49.4 Å². The first-order chi connectivity index (χ1) is 12.2. The zero-order chi connectivity index (χ0) is 17.6. The molecule has 0 aromatic carbocycles. The van der Waals surface area contributed by atoms with E-state index in [1.165, 1.54) is 17.8 Å². The van der Waals surface area contributed by atoms with Crippen LogP contribution in [-0.2, 0) is 21.8 Å². The fourth-order valence-electron chi connectivity index (χ4n) is 2.40. The second kappa shape index (κ2) is 8.32. The number of thioether (sulfide) groups is 1. The molecule has 0 aliphatic carbocycles. The number of nitrogens with zero attached hydrogens (tertiary/aromatic N) is 3. The van der Waals surface area contributed by atoms with Crippen LogP contribution in [0.25, 0.3) is 0 Å². The Morgan fingerprint density at radius 2 is 2.16 bits per heavy atom. The molecule has 2 aromatic rings. The van der Waals surface area contributed by atoms with Crippen LogP contribution >= 0.6 is 11.8 Å². The minimum absolute atomic E-state index is 0.182. The molecule has 0 amide bonds. The van der Waals surface area contributed by atoms with Crippen molar-refractivity contribution in [3.63, 3.8) is 0 Å². The van der Waals surface area contributed by atoms with Gasteiger partial charge in [0.25, 0.3) is 0 Å². The summed E-state index contributed by atoms with van der Waals surface area (Å²) in [5, 5.41) is 11.3. The standard InChI is InChI=1S/C16H19N3O5S/c1-22-9-11-8-14(19-4-6-23-7-5-19)18-16(17-11)25-10-12-2-3-13(24-12)15(20)21/h2-3,8H,4-7,9-10H2,1H3,(H,20,21)/p-1. The molecular weight excluding hydrogens is 346 g/mol. The van der Waals surface area contributed by atoms with E-state index in [9.17, 15) is 9.90 Å². The first-order valence-corrected chi connectivity index (χ1v) is 8.76. The van der Waals surface area contributed by atoms with Crippen LogP contribution < -0.4 is 10.0 Å². The highest BCUT2D eigenvalue weighted by Crippen LogP contribution is 2.24. The lowest BCUT2D eigenvalue weighted by Crippen LogP contribution is -2.37. The van der Waals surface area contributed by atoms with Gasteiger partial charge in [0.1, 0.15) is 23.3 Å². The maximum absolute atomic E-state index is 10.8. The molecule has 25 heavy (non-hydrogen) atoms. The summed E-state index contributed by atoms with van der Waals surface area (Å²) in [5.41, 5.74) is 0.788. The number of carbonyl (C=O) groups excluding carboxylic acids is 1. The fourth-order valence-corrected chi connectivity index (χ4v) is 3.17. The quantitative estimate of drug-likeness (QED) is 0.519. The Bertz CT molecular complexity index is 730. The topological polar surface area (TPSA) is 101 Å². The van der Waals surface area contributed by atoms with Gasteiger partial charge in [0, 0.05) is 26.3 Å². The number of ether oxygens (including phenoxy) is 2. The number of anilines is 1. The Hall–Kier alpha value is -2.10. The Kier molecular flexibility index (Phi) is 5.90. The zero-order valence-corrected chi connectivity index (χ0v) is 14.6. The number of rotatable bonds is 7.